The number of aromatic amines is 1. The highest BCUT2D eigenvalue weighted by Crippen LogP contribution is 2.36. The molecule has 10 heteroatoms. The largest absolute Gasteiger partial charge is 0.360 e. The predicted molar refractivity (Wildman–Crippen MR) is 110 cm³/mol. The smallest absolute Gasteiger partial charge is 0.211 e. The molecule has 5 rings (SSSR count). The number of sulfonamides is 1. The van der Waals surface area contributed by atoms with Crippen LogP contribution in [0, 0.1) is 0 Å². The molecule has 154 valence electrons. The van der Waals surface area contributed by atoms with Crippen molar-refractivity contribution in [2.24, 2.45) is 0 Å². The predicted octanol–water partition coefficient (Wildman–Crippen LogP) is 1.70. The first-order valence-corrected chi connectivity index (χ1v) is 11.8. The minimum atomic E-state index is -3.11. The molecule has 0 spiro atoms. The number of H-pyrrole nitrogens is 1. The van der Waals surface area contributed by atoms with E-state index in [0.717, 1.165) is 42.7 Å². The maximum Gasteiger partial charge on any atom is 0.211 e. The molecule has 2 aliphatic heterocycles. The first-order chi connectivity index (χ1) is 13.9. The minimum absolute atomic E-state index is 0.294. The molecule has 1 atom stereocenters. The second-order valence-corrected chi connectivity index (χ2v) is 10.1. The van der Waals surface area contributed by atoms with E-state index in [1.165, 1.54) is 17.5 Å². The molecular weight excluding hydrogens is 390 g/mol. The lowest BCUT2D eigenvalue weighted by Gasteiger charge is -2.37. The fourth-order valence-corrected chi connectivity index (χ4v) is 5.55. The van der Waals surface area contributed by atoms with Gasteiger partial charge in [-0.2, -0.15) is 10.2 Å². The van der Waals surface area contributed by atoms with Crippen molar-refractivity contribution in [1.29, 1.82) is 0 Å². The zero-order valence-electron chi connectivity index (χ0n) is 16.6. The second kappa shape index (κ2) is 6.81. The van der Waals surface area contributed by atoms with E-state index in [9.17, 15) is 8.42 Å². The van der Waals surface area contributed by atoms with Crippen LogP contribution in [0.2, 0.25) is 0 Å². The monoisotopic (exact) mass is 415 g/mol. The van der Waals surface area contributed by atoms with Crippen LogP contribution in [0.3, 0.4) is 0 Å². The summed E-state index contributed by atoms with van der Waals surface area (Å²) in [6, 6.07) is 2.34. The molecule has 29 heavy (non-hydrogen) atoms. The van der Waals surface area contributed by atoms with E-state index in [-0.39, 0.29) is 0 Å². The Hall–Kier alpha value is -2.46. The first kappa shape index (κ1) is 18.6. The Balaban J connectivity index is 1.43. The fraction of sp³-hybridized carbons (Fsp3) is 0.526. The van der Waals surface area contributed by atoms with Gasteiger partial charge < -0.3 is 4.90 Å². The van der Waals surface area contributed by atoms with E-state index < -0.39 is 10.0 Å². The third-order valence-corrected chi connectivity index (χ3v) is 7.58. The van der Waals surface area contributed by atoms with Crippen LogP contribution in [-0.2, 0) is 23.1 Å². The van der Waals surface area contributed by atoms with Crippen molar-refractivity contribution in [1.82, 2.24) is 29.3 Å². The van der Waals surface area contributed by atoms with E-state index in [4.69, 9.17) is 0 Å². The van der Waals surface area contributed by atoms with Gasteiger partial charge in [0.1, 0.15) is 0 Å². The normalized spacial score (nSPS) is 21.6. The van der Waals surface area contributed by atoms with Crippen LogP contribution in [0.15, 0.2) is 24.7 Å². The number of piperidine rings is 1. The Morgan fingerprint density at radius 2 is 2.00 bits per heavy atom. The average Bonchev–Trinajstić information content (AvgIpc) is 3.33. The maximum atomic E-state index is 11.8. The van der Waals surface area contributed by atoms with Crippen LogP contribution in [-0.4, -0.2) is 63.1 Å². The highest BCUT2D eigenvalue weighted by atomic mass is 32.2. The van der Waals surface area contributed by atoms with Crippen LogP contribution in [0.5, 0.6) is 0 Å². The van der Waals surface area contributed by atoms with Crippen molar-refractivity contribution in [3.05, 3.63) is 35.9 Å². The number of nitrogens with one attached hydrogen (secondary N) is 1. The van der Waals surface area contributed by atoms with Gasteiger partial charge in [0.15, 0.2) is 5.65 Å². The Bertz CT molecular complexity index is 1140. The van der Waals surface area contributed by atoms with E-state index in [2.05, 4.69) is 36.8 Å². The lowest BCUT2D eigenvalue weighted by molar-refractivity contribution is 0.319. The molecule has 3 aromatic heterocycles. The number of aromatic nitrogens is 5. The second-order valence-electron chi connectivity index (χ2n) is 8.10. The van der Waals surface area contributed by atoms with Crippen molar-refractivity contribution < 1.29 is 8.42 Å². The molecule has 0 aliphatic carbocycles. The van der Waals surface area contributed by atoms with Crippen LogP contribution < -0.4 is 4.90 Å². The van der Waals surface area contributed by atoms with Crippen LogP contribution >= 0.6 is 0 Å². The van der Waals surface area contributed by atoms with Gasteiger partial charge in [0.2, 0.25) is 10.0 Å². The molecule has 0 amide bonds. The van der Waals surface area contributed by atoms with E-state index in [1.807, 2.05) is 24.7 Å². The topological polar surface area (TPSA) is 100 Å². The summed E-state index contributed by atoms with van der Waals surface area (Å²) in [5.74, 6) is 0.346. The summed E-state index contributed by atoms with van der Waals surface area (Å²) in [7, 11) is -3.11. The third kappa shape index (κ3) is 3.20. The average molecular weight is 416 g/mol. The van der Waals surface area contributed by atoms with E-state index in [1.54, 1.807) is 4.31 Å². The highest BCUT2D eigenvalue weighted by molar-refractivity contribution is 7.88. The number of pyridine rings is 1. The number of hydrogen-bond acceptors (Lipinski definition) is 6. The van der Waals surface area contributed by atoms with Gasteiger partial charge in [0, 0.05) is 25.3 Å². The molecular formula is C19H25N7O2S. The fourth-order valence-electron chi connectivity index (χ4n) is 4.67. The van der Waals surface area contributed by atoms with Crippen molar-refractivity contribution >= 4 is 26.7 Å². The summed E-state index contributed by atoms with van der Waals surface area (Å²) in [5, 5.41) is 12.8. The number of rotatable bonds is 3. The van der Waals surface area contributed by atoms with Crippen molar-refractivity contribution in [3.63, 3.8) is 0 Å². The first-order valence-electron chi connectivity index (χ1n) is 9.96. The van der Waals surface area contributed by atoms with Gasteiger partial charge in [0.05, 0.1) is 48.5 Å². The lowest BCUT2D eigenvalue weighted by Crippen LogP contribution is -2.42. The molecule has 0 unspecified atom stereocenters. The molecule has 0 radical (unpaired) electrons. The zero-order chi connectivity index (χ0) is 20.2. The summed E-state index contributed by atoms with van der Waals surface area (Å²) in [6.07, 6.45) is 8.60. The Morgan fingerprint density at radius 1 is 1.21 bits per heavy atom. The quantitative estimate of drug-likeness (QED) is 0.699. The summed E-state index contributed by atoms with van der Waals surface area (Å²) < 4.78 is 27.3. The van der Waals surface area contributed by atoms with Gasteiger partial charge in [-0.15, -0.1) is 0 Å². The summed E-state index contributed by atoms with van der Waals surface area (Å²) in [5.41, 5.74) is 4.41. The molecule has 1 N–H and O–H groups in total. The molecule has 1 saturated heterocycles. The third-order valence-electron chi connectivity index (χ3n) is 6.27. The van der Waals surface area contributed by atoms with E-state index >= 15 is 0 Å². The molecule has 1 fully saturated rings. The summed E-state index contributed by atoms with van der Waals surface area (Å²) in [6.45, 7) is 4.95. The number of hydrogen-bond donors (Lipinski definition) is 1. The number of fused-ring (bicyclic) bond motifs is 2. The Labute approximate surface area is 169 Å². The maximum absolute atomic E-state index is 11.8. The highest BCUT2D eigenvalue weighted by Gasteiger charge is 2.32. The van der Waals surface area contributed by atoms with Gasteiger partial charge >= 0.3 is 0 Å². The molecule has 5 heterocycles. The zero-order valence-corrected chi connectivity index (χ0v) is 17.4. The Morgan fingerprint density at radius 3 is 2.76 bits per heavy atom. The SMILES string of the molecule is C[C@@H]1Cn2ncc(C3CCN(S(C)(=O)=O)CC3)c2CN1c1ccnc2[nH]ncc12. The molecule has 3 aromatic rings. The van der Waals surface area contributed by atoms with Crippen molar-refractivity contribution in [2.45, 2.75) is 44.8 Å². The molecule has 2 aliphatic rings. The molecule has 0 bridgehead atoms. The van der Waals surface area contributed by atoms with Gasteiger partial charge in [-0.3, -0.25) is 9.78 Å². The van der Waals surface area contributed by atoms with E-state index in [0.29, 0.717) is 25.0 Å². The molecule has 0 saturated carbocycles. The Kier molecular flexibility index (Phi) is 4.36. The van der Waals surface area contributed by atoms with Gasteiger partial charge in [-0.25, -0.2) is 17.7 Å². The molecule has 9 nitrogen and oxygen atoms in total. The summed E-state index contributed by atoms with van der Waals surface area (Å²) >= 11 is 0. The lowest BCUT2D eigenvalue weighted by atomic mass is 9.90. The van der Waals surface area contributed by atoms with Crippen LogP contribution in [0.4, 0.5) is 5.69 Å². The summed E-state index contributed by atoms with van der Waals surface area (Å²) in [4.78, 5) is 6.75. The van der Waals surface area contributed by atoms with Crippen molar-refractivity contribution in [2.75, 3.05) is 24.2 Å². The van der Waals surface area contributed by atoms with Gasteiger partial charge in [0.25, 0.3) is 0 Å². The number of nitrogens with zero attached hydrogens (tertiary/aromatic N) is 6. The van der Waals surface area contributed by atoms with Gasteiger partial charge in [-0.1, -0.05) is 0 Å². The van der Waals surface area contributed by atoms with Crippen LogP contribution in [0.1, 0.15) is 36.9 Å². The number of anilines is 1. The standard InChI is InChI=1S/C19H25N7O2S/c1-13-11-26-18(12-25(13)17-3-6-20-19-16(17)9-21-23-19)15(10-22-26)14-4-7-24(8-5-14)29(2,27)28/h3,6,9-10,13-14H,4-5,7-8,11-12H2,1-2H3,(H,20,21,23)/t13-/m1/s1. The minimum Gasteiger partial charge on any atom is -0.360 e. The molecule has 0 aromatic carbocycles. The van der Waals surface area contributed by atoms with Crippen molar-refractivity contribution in [3.8, 4) is 0 Å². The van der Waals surface area contributed by atoms with Crippen LogP contribution in [0.25, 0.3) is 11.0 Å². The van der Waals surface area contributed by atoms with Gasteiger partial charge in [-0.05, 0) is 37.3 Å².